The molecule has 1 atom stereocenters. The van der Waals surface area contributed by atoms with Crippen LogP contribution in [0.5, 0.6) is 11.5 Å². The maximum absolute atomic E-state index is 12.9. The van der Waals surface area contributed by atoms with Gasteiger partial charge in [0.25, 0.3) is 0 Å². The first-order chi connectivity index (χ1) is 11.6. The summed E-state index contributed by atoms with van der Waals surface area (Å²) in [6.07, 6.45) is 0.495. The number of nitrogens with zero attached hydrogens (tertiary/aromatic N) is 1. The molecule has 0 fully saturated rings. The molecular weight excluding hydrogens is 344 g/mol. The van der Waals surface area contributed by atoms with Gasteiger partial charge in [-0.15, -0.1) is 0 Å². The molecule has 1 aliphatic rings. The van der Waals surface area contributed by atoms with Crippen molar-refractivity contribution in [3.8, 4) is 11.5 Å². The largest absolute Gasteiger partial charge is 0.497 e. The van der Waals surface area contributed by atoms with Crippen LogP contribution in [0.3, 0.4) is 0 Å². The zero-order valence-corrected chi connectivity index (χ0v) is 15.7. The number of ether oxygens (including phenoxy) is 2. The average Bonchev–Trinajstić information content (AvgIpc) is 2.84. The first-order valence-electron chi connectivity index (χ1n) is 7.95. The third-order valence-electron chi connectivity index (χ3n) is 4.21. The molecule has 8 heteroatoms. The summed E-state index contributed by atoms with van der Waals surface area (Å²) in [5, 5.41) is 3.74. The lowest BCUT2D eigenvalue weighted by Gasteiger charge is -2.37. The van der Waals surface area contributed by atoms with Gasteiger partial charge >= 0.3 is 0 Å². The fourth-order valence-electron chi connectivity index (χ4n) is 3.17. The van der Waals surface area contributed by atoms with E-state index < -0.39 is 21.7 Å². The van der Waals surface area contributed by atoms with Crippen LogP contribution in [0.25, 0.3) is 0 Å². The maximum Gasteiger partial charge on any atom is 0.246 e. The third-order valence-corrected chi connectivity index (χ3v) is 5.93. The monoisotopic (exact) mass is 366 g/mol. The smallest absolute Gasteiger partial charge is 0.246 e. The number of nitrogens with one attached hydrogen (secondary N) is 1. The van der Waals surface area contributed by atoms with Gasteiger partial charge in [-0.05, 0) is 33.8 Å². The Labute approximate surface area is 147 Å². The van der Waals surface area contributed by atoms with Crippen molar-refractivity contribution in [2.45, 2.75) is 50.7 Å². The highest BCUT2D eigenvalue weighted by molar-refractivity contribution is 7.89. The standard InChI is InChI=1S/C17H22N2O5S/c1-10-16(11(2)24-18-10)25(20,21)19-14-9-17(3,4)23-15-8-12(22-5)6-7-13(14)15/h6-8,14,19H,9H2,1-5H3/t14-/m1/s1. The van der Waals surface area contributed by atoms with Crippen LogP contribution in [0.15, 0.2) is 27.6 Å². The number of benzene rings is 1. The van der Waals surface area contributed by atoms with Crippen molar-refractivity contribution in [3.63, 3.8) is 0 Å². The molecule has 0 saturated heterocycles. The molecular formula is C17H22N2O5S. The Morgan fingerprint density at radius 3 is 2.64 bits per heavy atom. The van der Waals surface area contributed by atoms with Gasteiger partial charge in [-0.2, -0.15) is 0 Å². The summed E-state index contributed by atoms with van der Waals surface area (Å²) in [6.45, 7) is 7.04. The van der Waals surface area contributed by atoms with Crippen molar-refractivity contribution in [3.05, 3.63) is 35.2 Å². The van der Waals surface area contributed by atoms with Gasteiger partial charge in [-0.3, -0.25) is 0 Å². The third kappa shape index (κ3) is 3.36. The molecule has 1 N–H and O–H groups in total. The molecule has 1 aromatic carbocycles. The van der Waals surface area contributed by atoms with Crippen molar-refractivity contribution in [2.24, 2.45) is 0 Å². The van der Waals surface area contributed by atoms with E-state index >= 15 is 0 Å². The molecule has 0 saturated carbocycles. The fourth-order valence-corrected chi connectivity index (χ4v) is 4.71. The Morgan fingerprint density at radius 2 is 2.04 bits per heavy atom. The molecule has 0 radical (unpaired) electrons. The summed E-state index contributed by atoms with van der Waals surface area (Å²) in [5.74, 6) is 1.54. The van der Waals surface area contributed by atoms with Gasteiger partial charge in [0.2, 0.25) is 10.0 Å². The molecule has 7 nitrogen and oxygen atoms in total. The highest BCUT2D eigenvalue weighted by Gasteiger charge is 2.37. The van der Waals surface area contributed by atoms with Crippen LogP contribution < -0.4 is 14.2 Å². The van der Waals surface area contributed by atoms with Gasteiger partial charge < -0.3 is 14.0 Å². The van der Waals surface area contributed by atoms with Crippen molar-refractivity contribution >= 4 is 10.0 Å². The zero-order valence-electron chi connectivity index (χ0n) is 14.9. The van der Waals surface area contributed by atoms with Crippen LogP contribution in [0.1, 0.15) is 43.3 Å². The lowest BCUT2D eigenvalue weighted by atomic mass is 9.90. The van der Waals surface area contributed by atoms with E-state index in [-0.39, 0.29) is 10.7 Å². The van der Waals surface area contributed by atoms with Crippen LogP contribution in [0.4, 0.5) is 0 Å². The first-order valence-corrected chi connectivity index (χ1v) is 9.43. The second kappa shape index (κ2) is 6.03. The number of sulfonamides is 1. The highest BCUT2D eigenvalue weighted by atomic mass is 32.2. The van der Waals surface area contributed by atoms with Gasteiger partial charge in [0.05, 0.1) is 13.2 Å². The number of aryl methyl sites for hydroxylation is 2. The number of hydrogen-bond donors (Lipinski definition) is 1. The molecule has 0 unspecified atom stereocenters. The van der Waals surface area contributed by atoms with E-state index in [0.29, 0.717) is 23.6 Å². The van der Waals surface area contributed by atoms with Crippen molar-refractivity contribution in [1.82, 2.24) is 9.88 Å². The second-order valence-electron chi connectivity index (χ2n) is 6.80. The van der Waals surface area contributed by atoms with Gasteiger partial charge in [0.1, 0.15) is 27.7 Å². The molecule has 3 rings (SSSR count). The van der Waals surface area contributed by atoms with Crippen LogP contribution in [-0.2, 0) is 10.0 Å². The maximum atomic E-state index is 12.9. The Morgan fingerprint density at radius 1 is 1.32 bits per heavy atom. The molecule has 2 aromatic rings. The van der Waals surface area contributed by atoms with Gasteiger partial charge in [-0.1, -0.05) is 11.2 Å². The predicted molar refractivity (Wildman–Crippen MR) is 91.4 cm³/mol. The van der Waals surface area contributed by atoms with Crippen LogP contribution in [-0.4, -0.2) is 26.3 Å². The van der Waals surface area contributed by atoms with Gasteiger partial charge in [0, 0.05) is 18.1 Å². The predicted octanol–water partition coefficient (Wildman–Crippen LogP) is 2.88. The van der Waals surface area contributed by atoms with E-state index in [1.165, 1.54) is 0 Å². The van der Waals surface area contributed by atoms with Crippen LogP contribution >= 0.6 is 0 Å². The normalized spacial score (nSPS) is 19.2. The van der Waals surface area contributed by atoms with Crippen LogP contribution in [0.2, 0.25) is 0 Å². The minimum absolute atomic E-state index is 0.0897. The lowest BCUT2D eigenvalue weighted by Crippen LogP contribution is -2.41. The SMILES string of the molecule is COc1ccc2c(c1)OC(C)(C)C[C@H]2NS(=O)(=O)c1c(C)noc1C. The van der Waals surface area contributed by atoms with Gasteiger partial charge in [0.15, 0.2) is 5.76 Å². The van der Waals surface area contributed by atoms with E-state index in [4.69, 9.17) is 14.0 Å². The highest BCUT2D eigenvalue weighted by Crippen LogP contribution is 2.42. The molecule has 0 spiro atoms. The van der Waals surface area contributed by atoms with E-state index in [9.17, 15) is 8.42 Å². The Hall–Kier alpha value is -2.06. The van der Waals surface area contributed by atoms with Crippen LogP contribution in [0, 0.1) is 13.8 Å². The molecule has 2 heterocycles. The number of rotatable bonds is 4. The number of fused-ring (bicyclic) bond motifs is 1. The van der Waals surface area contributed by atoms with Gasteiger partial charge in [-0.25, -0.2) is 13.1 Å². The quantitative estimate of drug-likeness (QED) is 0.895. The van der Waals surface area contributed by atoms with E-state index in [1.54, 1.807) is 33.1 Å². The fraction of sp³-hybridized carbons (Fsp3) is 0.471. The van der Waals surface area contributed by atoms with Crippen molar-refractivity contribution in [1.29, 1.82) is 0 Å². The van der Waals surface area contributed by atoms with E-state index in [0.717, 1.165) is 5.56 Å². The second-order valence-corrected chi connectivity index (χ2v) is 8.45. The number of aromatic nitrogens is 1. The van der Waals surface area contributed by atoms with E-state index in [1.807, 2.05) is 19.9 Å². The summed E-state index contributed by atoms with van der Waals surface area (Å²) in [6, 6.07) is 4.96. The average molecular weight is 366 g/mol. The molecule has 0 aliphatic carbocycles. The minimum atomic E-state index is -3.78. The Bertz CT molecular complexity index is 882. The summed E-state index contributed by atoms with van der Waals surface area (Å²) < 4.78 is 44.8. The minimum Gasteiger partial charge on any atom is -0.497 e. The molecule has 25 heavy (non-hydrogen) atoms. The Kier molecular flexibility index (Phi) is 4.28. The molecule has 136 valence electrons. The van der Waals surface area contributed by atoms with E-state index in [2.05, 4.69) is 9.88 Å². The topological polar surface area (TPSA) is 90.7 Å². The molecule has 1 aliphatic heterocycles. The summed E-state index contributed by atoms with van der Waals surface area (Å²) in [7, 11) is -2.20. The molecule has 0 amide bonds. The number of hydrogen-bond acceptors (Lipinski definition) is 6. The lowest BCUT2D eigenvalue weighted by molar-refractivity contribution is 0.0698. The summed E-state index contributed by atoms with van der Waals surface area (Å²) in [5.41, 5.74) is 0.590. The first kappa shape index (κ1) is 17.8. The Balaban J connectivity index is 2.01. The summed E-state index contributed by atoms with van der Waals surface area (Å²) >= 11 is 0. The summed E-state index contributed by atoms with van der Waals surface area (Å²) in [4.78, 5) is 0.0897. The zero-order chi connectivity index (χ0) is 18.4. The molecule has 0 bridgehead atoms. The van der Waals surface area contributed by atoms with Crippen molar-refractivity contribution in [2.75, 3.05) is 7.11 Å². The number of methoxy groups -OCH3 is 1. The molecule has 1 aromatic heterocycles. The van der Waals surface area contributed by atoms with Crippen molar-refractivity contribution < 1.29 is 22.4 Å².